The van der Waals surface area contributed by atoms with Gasteiger partial charge in [-0.15, -0.1) is 0 Å². The van der Waals surface area contributed by atoms with Crippen LogP contribution in [0, 0.1) is 10.1 Å². The first-order valence-corrected chi connectivity index (χ1v) is 9.28. The lowest BCUT2D eigenvalue weighted by molar-refractivity contribution is -0.385. The van der Waals surface area contributed by atoms with Crippen LogP contribution in [0.15, 0.2) is 60.7 Å². The summed E-state index contributed by atoms with van der Waals surface area (Å²) in [6, 6.07) is 18.4. The molecule has 0 bridgehead atoms. The Hall–Kier alpha value is -3.80. The lowest BCUT2D eigenvalue weighted by atomic mass is 10.00. The Morgan fingerprint density at radius 3 is 2.62 bits per heavy atom. The van der Waals surface area contributed by atoms with Crippen molar-refractivity contribution in [2.75, 3.05) is 0 Å². The zero-order chi connectivity index (χ0) is 20.0. The number of benzene rings is 3. The first-order valence-electron chi connectivity index (χ1n) is 9.28. The molecule has 0 unspecified atom stereocenters. The minimum atomic E-state index is -0.443. The van der Waals surface area contributed by atoms with Gasteiger partial charge in [-0.05, 0) is 30.7 Å². The monoisotopic (exact) mass is 387 g/mol. The van der Waals surface area contributed by atoms with E-state index in [9.17, 15) is 10.1 Å². The first-order chi connectivity index (χ1) is 14.1. The highest BCUT2D eigenvalue weighted by molar-refractivity contribution is 5.94. The van der Waals surface area contributed by atoms with Gasteiger partial charge in [-0.2, -0.15) is 0 Å². The predicted octanol–water partition coefficient (Wildman–Crippen LogP) is 5.60. The number of hydrogen-bond acceptors (Lipinski definition) is 5. The highest BCUT2D eigenvalue weighted by atomic mass is 16.6. The normalized spacial score (nSPS) is 15.9. The van der Waals surface area contributed by atoms with Gasteiger partial charge in [0.25, 0.3) is 5.69 Å². The second kappa shape index (κ2) is 6.67. The Morgan fingerprint density at radius 2 is 1.83 bits per heavy atom. The summed E-state index contributed by atoms with van der Waals surface area (Å²) in [6.45, 7) is 2.36. The molecule has 3 aromatic carbocycles. The van der Waals surface area contributed by atoms with E-state index in [0.717, 1.165) is 22.3 Å². The van der Waals surface area contributed by atoms with E-state index in [4.69, 9.17) is 14.2 Å². The van der Waals surface area contributed by atoms with Gasteiger partial charge in [0.05, 0.1) is 22.6 Å². The van der Waals surface area contributed by atoms with E-state index < -0.39 is 4.92 Å². The summed E-state index contributed by atoms with van der Waals surface area (Å²) in [5, 5.41) is 11.3. The molecule has 0 fully saturated rings. The highest BCUT2D eigenvalue weighted by Crippen LogP contribution is 2.50. The minimum absolute atomic E-state index is 0.0628. The number of ether oxygens (including phenoxy) is 3. The highest BCUT2D eigenvalue weighted by Gasteiger charge is 2.33. The van der Waals surface area contributed by atoms with Crippen LogP contribution < -0.4 is 14.2 Å². The van der Waals surface area contributed by atoms with E-state index in [1.165, 1.54) is 12.1 Å². The van der Waals surface area contributed by atoms with Gasteiger partial charge in [0.2, 0.25) is 0 Å². The van der Waals surface area contributed by atoms with Crippen LogP contribution in [0.5, 0.6) is 23.0 Å². The molecular formula is C23H17NO5. The fourth-order valence-electron chi connectivity index (χ4n) is 3.63. The van der Waals surface area contributed by atoms with Crippen LogP contribution in [0.1, 0.15) is 23.6 Å². The smallest absolute Gasteiger partial charge is 0.276 e. The molecule has 1 atom stereocenters. The zero-order valence-corrected chi connectivity index (χ0v) is 15.6. The molecule has 29 heavy (non-hydrogen) atoms. The molecule has 0 amide bonds. The number of nitrogens with zero attached hydrogens (tertiary/aromatic N) is 1. The largest absolute Gasteiger partial charge is 0.489 e. The van der Waals surface area contributed by atoms with Crippen LogP contribution in [0.3, 0.4) is 0 Å². The lowest BCUT2D eigenvalue weighted by Gasteiger charge is -2.12. The van der Waals surface area contributed by atoms with Crippen LogP contribution in [-0.4, -0.2) is 11.0 Å². The van der Waals surface area contributed by atoms with E-state index in [2.05, 4.69) is 0 Å². The molecule has 2 aliphatic heterocycles. The van der Waals surface area contributed by atoms with Gasteiger partial charge >= 0.3 is 0 Å². The SMILES string of the molecule is C[C@@H]1Oc2cc([N+](=O)[O-])cc3c2C1=Cc1ccc(OCc2ccccc2)cc1O3. The fraction of sp³-hybridized carbons (Fsp3) is 0.130. The van der Waals surface area contributed by atoms with Crippen LogP contribution in [0.2, 0.25) is 0 Å². The maximum atomic E-state index is 11.3. The maximum absolute atomic E-state index is 11.3. The quantitative estimate of drug-likeness (QED) is 0.430. The Balaban J connectivity index is 1.52. The molecule has 3 aromatic rings. The molecule has 0 saturated heterocycles. The summed E-state index contributed by atoms with van der Waals surface area (Å²) < 4.78 is 17.8. The van der Waals surface area contributed by atoms with E-state index in [1.807, 2.05) is 61.5 Å². The summed E-state index contributed by atoms with van der Waals surface area (Å²) in [7, 11) is 0. The molecule has 0 aliphatic carbocycles. The molecule has 6 nitrogen and oxygen atoms in total. The topological polar surface area (TPSA) is 70.8 Å². The van der Waals surface area contributed by atoms with Crippen molar-refractivity contribution in [1.82, 2.24) is 0 Å². The molecule has 6 heteroatoms. The van der Waals surface area contributed by atoms with Crippen LogP contribution in [0.4, 0.5) is 5.69 Å². The molecule has 0 saturated carbocycles. The average Bonchev–Trinajstić information content (AvgIpc) is 2.93. The van der Waals surface area contributed by atoms with Crippen molar-refractivity contribution in [2.24, 2.45) is 0 Å². The summed E-state index contributed by atoms with van der Waals surface area (Å²) in [5.41, 5.74) is 3.59. The Kier molecular flexibility index (Phi) is 3.98. The fourth-order valence-corrected chi connectivity index (χ4v) is 3.63. The maximum Gasteiger partial charge on any atom is 0.276 e. The van der Waals surface area contributed by atoms with Crippen molar-refractivity contribution in [2.45, 2.75) is 19.6 Å². The van der Waals surface area contributed by atoms with Gasteiger partial charge in [0, 0.05) is 17.2 Å². The summed E-state index contributed by atoms with van der Waals surface area (Å²) in [5.74, 6) is 2.15. The number of hydrogen-bond donors (Lipinski definition) is 0. The Labute approximate surface area is 167 Å². The van der Waals surface area contributed by atoms with Crippen LogP contribution in [-0.2, 0) is 6.61 Å². The molecule has 0 N–H and O–H groups in total. The van der Waals surface area contributed by atoms with Gasteiger partial charge in [-0.1, -0.05) is 30.3 Å². The molecule has 0 aromatic heterocycles. The van der Waals surface area contributed by atoms with Crippen molar-refractivity contribution < 1.29 is 19.1 Å². The van der Waals surface area contributed by atoms with E-state index in [-0.39, 0.29) is 11.8 Å². The summed E-state index contributed by atoms with van der Waals surface area (Å²) in [6.07, 6.45) is 1.80. The van der Waals surface area contributed by atoms with Crippen LogP contribution >= 0.6 is 0 Å². The van der Waals surface area contributed by atoms with Gasteiger partial charge in [-0.25, -0.2) is 0 Å². The molecule has 144 valence electrons. The van der Waals surface area contributed by atoms with Gasteiger partial charge in [0.1, 0.15) is 35.7 Å². The second-order valence-electron chi connectivity index (χ2n) is 7.01. The van der Waals surface area contributed by atoms with Gasteiger partial charge in [-0.3, -0.25) is 10.1 Å². The molecule has 5 rings (SSSR count). The molecule has 2 heterocycles. The third-order valence-electron chi connectivity index (χ3n) is 5.06. The molecule has 0 spiro atoms. The van der Waals surface area contributed by atoms with Crippen molar-refractivity contribution in [3.8, 4) is 23.0 Å². The van der Waals surface area contributed by atoms with Crippen molar-refractivity contribution in [3.05, 3.63) is 87.5 Å². The minimum Gasteiger partial charge on any atom is -0.489 e. The van der Waals surface area contributed by atoms with Crippen molar-refractivity contribution >= 4 is 17.3 Å². The zero-order valence-electron chi connectivity index (χ0n) is 15.6. The van der Waals surface area contributed by atoms with Gasteiger partial charge < -0.3 is 14.2 Å². The first kappa shape index (κ1) is 17.3. The number of nitro groups is 1. The standard InChI is InChI=1S/C23H17NO5/c1-14-19-9-16-7-8-18(27-13-15-5-3-2-4-6-15)12-20(16)29-22-11-17(24(25)26)10-21(28-14)23(19)22/h2-12,14H,13H2,1H3/t14-/m0/s1. The number of nitro benzene ring substituents is 1. The van der Waals surface area contributed by atoms with Gasteiger partial charge in [0.15, 0.2) is 0 Å². The molecule has 2 aliphatic rings. The Bertz CT molecular complexity index is 1150. The number of non-ortho nitro benzene ring substituents is 1. The summed E-state index contributed by atoms with van der Waals surface area (Å²) in [4.78, 5) is 10.9. The van der Waals surface area contributed by atoms with Crippen molar-refractivity contribution in [3.63, 3.8) is 0 Å². The number of fused-ring (bicyclic) bond motifs is 1. The van der Waals surface area contributed by atoms with E-state index in [0.29, 0.717) is 29.6 Å². The number of rotatable bonds is 4. The van der Waals surface area contributed by atoms with Crippen LogP contribution in [0.25, 0.3) is 11.6 Å². The second-order valence-corrected chi connectivity index (χ2v) is 7.01. The van der Waals surface area contributed by atoms with Crippen molar-refractivity contribution in [1.29, 1.82) is 0 Å². The average molecular weight is 387 g/mol. The molecular weight excluding hydrogens is 370 g/mol. The predicted molar refractivity (Wildman–Crippen MR) is 108 cm³/mol. The van der Waals surface area contributed by atoms with E-state index in [1.54, 1.807) is 0 Å². The van der Waals surface area contributed by atoms with E-state index >= 15 is 0 Å². The third kappa shape index (κ3) is 3.08. The Morgan fingerprint density at radius 1 is 1.03 bits per heavy atom. The summed E-state index contributed by atoms with van der Waals surface area (Å²) >= 11 is 0. The third-order valence-corrected chi connectivity index (χ3v) is 5.06. The molecule has 0 radical (unpaired) electrons. The lowest BCUT2D eigenvalue weighted by Crippen LogP contribution is -2.05.